The maximum Gasteiger partial charge on any atom is 0.197 e. The summed E-state index contributed by atoms with van der Waals surface area (Å²) >= 11 is 0. The summed E-state index contributed by atoms with van der Waals surface area (Å²) in [7, 11) is -0.944. The predicted octanol–water partition coefficient (Wildman–Crippen LogP) is 7.01. The summed E-state index contributed by atoms with van der Waals surface area (Å²) in [6.07, 6.45) is 5.14. The van der Waals surface area contributed by atoms with Crippen molar-refractivity contribution in [2.45, 2.75) is 16.2 Å². The summed E-state index contributed by atoms with van der Waals surface area (Å²) in [6, 6.07) is 28.6. The standard InChI is InChI=1S/C32H20N2O2S/c35-30-18-8-1-3-12-22(18)33-24-14-7-15-25-32(24)37(26-16-5-10-20(30)28(26)33)27-17-6-11-21-29(27)34(25)23-13-4-2-9-19(23)31(21)36/h1-10,12-17,21,37H,11H2. The Morgan fingerprint density at radius 2 is 1.51 bits per heavy atom. The summed E-state index contributed by atoms with van der Waals surface area (Å²) < 4.78 is 2.30. The predicted molar refractivity (Wildman–Crippen MR) is 150 cm³/mol. The van der Waals surface area contributed by atoms with Gasteiger partial charge in [0.25, 0.3) is 0 Å². The lowest BCUT2D eigenvalue weighted by Crippen LogP contribution is -2.38. The van der Waals surface area contributed by atoms with E-state index in [1.54, 1.807) is 0 Å². The van der Waals surface area contributed by atoms with Crippen LogP contribution in [0.2, 0.25) is 0 Å². The molecule has 4 heterocycles. The van der Waals surface area contributed by atoms with Crippen molar-refractivity contribution >= 4 is 49.9 Å². The van der Waals surface area contributed by atoms with E-state index in [-0.39, 0.29) is 17.1 Å². The Morgan fingerprint density at radius 3 is 2.46 bits per heavy atom. The molecule has 0 amide bonds. The molecule has 0 spiro atoms. The fourth-order valence-corrected chi connectivity index (χ4v) is 9.78. The van der Waals surface area contributed by atoms with Gasteiger partial charge in [-0.15, -0.1) is 0 Å². The van der Waals surface area contributed by atoms with Crippen LogP contribution >= 0.6 is 10.9 Å². The molecular weight excluding hydrogens is 476 g/mol. The molecule has 5 aromatic rings. The second-order valence-corrected chi connectivity index (χ2v) is 12.1. The summed E-state index contributed by atoms with van der Waals surface area (Å²) in [5.74, 6) is 0.0188. The molecule has 0 fully saturated rings. The zero-order chi connectivity index (χ0) is 24.4. The number of benzene rings is 4. The van der Waals surface area contributed by atoms with E-state index in [0.717, 1.165) is 50.1 Å². The second-order valence-electron chi connectivity index (χ2n) is 10.0. The van der Waals surface area contributed by atoms with E-state index in [1.807, 2.05) is 48.5 Å². The third-order valence-corrected chi connectivity index (χ3v) is 10.9. The van der Waals surface area contributed by atoms with Gasteiger partial charge in [-0.1, -0.05) is 48.6 Å². The van der Waals surface area contributed by atoms with Gasteiger partial charge in [0.05, 0.1) is 34.0 Å². The van der Waals surface area contributed by atoms with Crippen LogP contribution in [-0.2, 0) is 0 Å². The minimum atomic E-state index is -0.944. The third-order valence-electron chi connectivity index (χ3n) is 8.26. The highest BCUT2D eigenvalue weighted by atomic mass is 32.2. The van der Waals surface area contributed by atoms with Crippen LogP contribution < -0.4 is 10.3 Å². The van der Waals surface area contributed by atoms with Gasteiger partial charge in [-0.2, -0.15) is 10.9 Å². The molecule has 0 saturated heterocycles. The highest BCUT2D eigenvalue weighted by Gasteiger charge is 2.46. The van der Waals surface area contributed by atoms with Gasteiger partial charge < -0.3 is 9.47 Å². The van der Waals surface area contributed by atoms with Crippen LogP contribution in [0.4, 0.5) is 11.4 Å². The number of nitrogens with zero attached hydrogens (tertiary/aromatic N) is 2. The highest BCUT2D eigenvalue weighted by Crippen LogP contribution is 2.68. The quantitative estimate of drug-likeness (QED) is 0.185. The number of pyridine rings is 1. The fourth-order valence-electron chi connectivity index (χ4n) is 6.82. The first-order chi connectivity index (χ1) is 18.2. The van der Waals surface area contributed by atoms with E-state index in [9.17, 15) is 9.59 Å². The van der Waals surface area contributed by atoms with Gasteiger partial charge >= 0.3 is 0 Å². The largest absolute Gasteiger partial charge is 0.310 e. The van der Waals surface area contributed by atoms with Gasteiger partial charge in [0.2, 0.25) is 0 Å². The molecule has 4 nitrogen and oxygen atoms in total. The molecule has 1 aliphatic carbocycles. The topological polar surface area (TPSA) is 42.3 Å². The number of aromatic nitrogens is 1. The van der Waals surface area contributed by atoms with Crippen LogP contribution in [0, 0.1) is 5.92 Å². The molecule has 3 aliphatic heterocycles. The van der Waals surface area contributed by atoms with Gasteiger partial charge in [0, 0.05) is 36.7 Å². The van der Waals surface area contributed by atoms with Crippen LogP contribution in [0.25, 0.3) is 27.5 Å². The number of hydrogen-bond acceptors (Lipinski definition) is 3. The monoisotopic (exact) mass is 496 g/mol. The fraction of sp³-hybridized carbons (Fsp3) is 0.0625. The molecule has 0 N–H and O–H groups in total. The van der Waals surface area contributed by atoms with Crippen molar-refractivity contribution in [3.8, 4) is 5.69 Å². The lowest BCUT2D eigenvalue weighted by atomic mass is 9.83. The van der Waals surface area contributed by atoms with Gasteiger partial charge in [-0.05, 0) is 55.0 Å². The number of para-hydroxylation sites is 3. The zero-order valence-corrected chi connectivity index (χ0v) is 20.6. The Morgan fingerprint density at radius 1 is 0.757 bits per heavy atom. The number of thiol groups is 1. The molecule has 2 atom stereocenters. The van der Waals surface area contributed by atoms with E-state index in [1.165, 1.54) is 14.7 Å². The maximum absolute atomic E-state index is 13.7. The number of carbonyl (C=O) groups excluding carboxylic acids is 1. The smallest absolute Gasteiger partial charge is 0.197 e. The van der Waals surface area contributed by atoms with Gasteiger partial charge in [0.15, 0.2) is 11.2 Å². The van der Waals surface area contributed by atoms with E-state index in [4.69, 9.17) is 0 Å². The minimum absolute atomic E-state index is 0.0772. The summed E-state index contributed by atoms with van der Waals surface area (Å²) in [5.41, 5.74) is 7.16. The van der Waals surface area contributed by atoms with E-state index in [2.05, 4.69) is 58.0 Å². The van der Waals surface area contributed by atoms with Crippen molar-refractivity contribution in [2.24, 2.45) is 5.92 Å². The minimum Gasteiger partial charge on any atom is -0.310 e. The van der Waals surface area contributed by atoms with Crippen LogP contribution in [-0.4, -0.2) is 10.4 Å². The van der Waals surface area contributed by atoms with Crippen molar-refractivity contribution in [3.63, 3.8) is 0 Å². The number of hydrogen-bond donors (Lipinski definition) is 1. The first-order valence-corrected chi connectivity index (χ1v) is 13.9. The molecule has 1 aromatic heterocycles. The second kappa shape index (κ2) is 6.69. The van der Waals surface area contributed by atoms with E-state index in [0.29, 0.717) is 6.42 Å². The molecule has 2 unspecified atom stereocenters. The van der Waals surface area contributed by atoms with Crippen LogP contribution in [0.15, 0.2) is 122 Å². The highest BCUT2D eigenvalue weighted by molar-refractivity contribution is 8.21. The molecule has 4 aromatic carbocycles. The van der Waals surface area contributed by atoms with Gasteiger partial charge in [0.1, 0.15) is 0 Å². The summed E-state index contributed by atoms with van der Waals surface area (Å²) in [5, 5.41) is 1.49. The van der Waals surface area contributed by atoms with Crippen LogP contribution in [0.1, 0.15) is 16.8 Å². The van der Waals surface area contributed by atoms with Crippen molar-refractivity contribution in [3.05, 3.63) is 123 Å². The molecule has 4 aliphatic rings. The number of rotatable bonds is 0. The molecule has 176 valence electrons. The van der Waals surface area contributed by atoms with Crippen LogP contribution in [0.3, 0.4) is 0 Å². The summed E-state index contributed by atoms with van der Waals surface area (Å²) in [4.78, 5) is 33.4. The Balaban J connectivity index is 1.51. The Hall–Kier alpha value is -4.35. The Kier molecular flexibility index (Phi) is 3.58. The van der Waals surface area contributed by atoms with Crippen LogP contribution in [0.5, 0.6) is 0 Å². The average molecular weight is 497 g/mol. The van der Waals surface area contributed by atoms with Crippen molar-refractivity contribution < 1.29 is 4.79 Å². The molecule has 0 bridgehead atoms. The van der Waals surface area contributed by atoms with Gasteiger partial charge in [-0.3, -0.25) is 9.59 Å². The van der Waals surface area contributed by atoms with Gasteiger partial charge in [-0.25, -0.2) is 0 Å². The summed E-state index contributed by atoms with van der Waals surface area (Å²) in [6.45, 7) is 0. The van der Waals surface area contributed by atoms with Crippen molar-refractivity contribution in [1.29, 1.82) is 0 Å². The number of Topliss-reactive ketones (excluding diaryl/α,β-unsaturated/α-hetero) is 1. The Bertz CT molecular complexity index is 2030. The lowest BCUT2D eigenvalue weighted by molar-refractivity contribution is 0.0934. The number of fused-ring (bicyclic) bond motifs is 8. The zero-order valence-electron chi connectivity index (χ0n) is 19.7. The molecule has 0 saturated carbocycles. The number of carbonyl (C=O) groups is 1. The maximum atomic E-state index is 13.7. The molecule has 37 heavy (non-hydrogen) atoms. The SMILES string of the molecule is O=C1c2ccccc2N2C3=C(C=CCC13)[SH]1c3c2cccc3-n2c3ccccc3c(=O)c3cccc1c32. The number of allylic oxidation sites excluding steroid dienone is 3. The molecule has 5 heteroatoms. The number of anilines is 2. The molecule has 0 radical (unpaired) electrons. The van der Waals surface area contributed by atoms with E-state index >= 15 is 0 Å². The first kappa shape index (κ1) is 19.8. The lowest BCUT2D eigenvalue weighted by Gasteiger charge is -2.49. The average Bonchev–Trinajstić information content (AvgIpc) is 2.95. The number of ketones is 1. The Labute approximate surface area is 215 Å². The first-order valence-electron chi connectivity index (χ1n) is 12.6. The van der Waals surface area contributed by atoms with Crippen molar-refractivity contribution in [2.75, 3.05) is 4.90 Å². The molecule has 9 rings (SSSR count). The third kappa shape index (κ3) is 2.23. The molecular formula is C32H20N2O2S. The van der Waals surface area contributed by atoms with E-state index < -0.39 is 10.9 Å². The van der Waals surface area contributed by atoms with Crippen molar-refractivity contribution in [1.82, 2.24) is 4.57 Å². The normalized spacial score (nSPS) is 21.2.